The number of carbonyl (C=O) groups excluding carboxylic acids is 2. The first-order valence-corrected chi connectivity index (χ1v) is 26.5. The van der Waals surface area contributed by atoms with Gasteiger partial charge in [-0.25, -0.2) is 0 Å². The highest BCUT2D eigenvalue weighted by molar-refractivity contribution is 5.73. The fraction of sp³-hybridized carbons (Fsp3) is 0.957. The summed E-state index contributed by atoms with van der Waals surface area (Å²) < 4.78 is 74.5. The number of nitrogens with one attached hydrogen (secondary N) is 2. The minimum Gasteiger partial charge on any atom is -0.394 e. The molecule has 7 fully saturated rings. The number of ether oxygens (including phenoxy) is 13. The van der Waals surface area contributed by atoms with Crippen molar-refractivity contribution in [1.82, 2.24) is 10.6 Å². The third-order valence-electron chi connectivity index (χ3n) is 15.3. The van der Waals surface area contributed by atoms with E-state index in [-0.39, 0.29) is 0 Å². The summed E-state index contributed by atoms with van der Waals surface area (Å²) >= 11 is 0. The molecule has 0 aromatic carbocycles. The van der Waals surface area contributed by atoms with Gasteiger partial charge in [0.05, 0.1) is 45.7 Å². The molecule has 0 saturated carbocycles. The minimum atomic E-state index is -2.32. The maximum Gasteiger partial charge on any atom is 0.217 e. The molecule has 1 unspecified atom stereocenters. The Hall–Kier alpha value is -2.38. The predicted octanol–water partition coefficient (Wildman–Crippen LogP) is -15.0. The van der Waals surface area contributed by atoms with Crippen molar-refractivity contribution in [3.63, 3.8) is 0 Å². The summed E-state index contributed by atoms with van der Waals surface area (Å²) in [6.07, 6.45) is -62.9. The number of hydrogen-bond acceptors (Lipinski definition) is 35. The van der Waals surface area contributed by atoms with Crippen LogP contribution in [-0.4, -0.2) is 368 Å². The predicted molar refractivity (Wildman–Crippen MR) is 254 cm³/mol. The van der Waals surface area contributed by atoms with Crippen molar-refractivity contribution in [2.24, 2.45) is 0 Å². The Bertz CT molecular complexity index is 2040. The molecule has 0 radical (unpaired) electrons. The van der Waals surface area contributed by atoms with Crippen molar-refractivity contribution in [3.8, 4) is 0 Å². The zero-order chi connectivity index (χ0) is 61.2. The van der Waals surface area contributed by atoms with E-state index in [2.05, 4.69) is 10.6 Å². The molecule has 35 atom stereocenters. The maximum absolute atomic E-state index is 12.8. The average molecular weight is 1220 g/mol. The highest BCUT2D eigenvalue weighted by Gasteiger charge is 2.58. The molecule has 7 rings (SSSR count). The zero-order valence-corrected chi connectivity index (χ0v) is 44.5. The van der Waals surface area contributed by atoms with Gasteiger partial charge in [-0.3, -0.25) is 9.59 Å². The second-order valence-electron chi connectivity index (χ2n) is 21.1. The molecule has 0 aromatic rings. The van der Waals surface area contributed by atoms with Gasteiger partial charge in [0, 0.05) is 13.8 Å². The SMILES string of the molecule is CC(=O)N[C@H]1[C@H](O[C@H]2[C@H](O)[C@@H](NC(C)=O)C(O)O[C@@H]2CO[C@@H]2O[C@@H](C)[C@@H](O)[C@@H](O)[C@@H]2O)O[C@H](CO)[C@@H](O[C@@H]2O[C@H](CO[C@H]3O[C@H](CO)[C@@H](O)[C@H](O[C@H]4O[C@H](CO)[C@@H](O)[C@H](O)[C@@H]4O)[C@@H]3O)[C@@H](O)[C@H](O[C@H]3O[C@H](CO)[C@@H](O)[C@H](O)[C@@H]3O)[C@@H]2O)[C@@H]1O. The molecule has 0 aromatic heterocycles. The molecule has 0 aliphatic carbocycles. The average Bonchev–Trinajstić information content (AvgIpc) is 3.64. The van der Waals surface area contributed by atoms with E-state index in [1.165, 1.54) is 6.92 Å². The molecule has 0 bridgehead atoms. The Kier molecular flexibility index (Phi) is 24.0. The lowest BCUT2D eigenvalue weighted by Crippen LogP contribution is -2.70. The van der Waals surface area contributed by atoms with Crippen molar-refractivity contribution in [2.45, 2.75) is 236 Å². The molecule has 0 spiro atoms. The molecule has 37 heteroatoms. The summed E-state index contributed by atoms with van der Waals surface area (Å²) in [4.78, 5) is 25.0. The topological polar surface area (TPSA) is 583 Å². The quantitative estimate of drug-likeness (QED) is 0.0538. The van der Waals surface area contributed by atoms with Crippen molar-refractivity contribution in [1.29, 1.82) is 0 Å². The number of rotatable bonds is 20. The molecule has 2 amide bonds. The Morgan fingerprint density at radius 3 is 1.20 bits per heavy atom. The third-order valence-corrected chi connectivity index (χ3v) is 15.3. The number of hydrogen-bond donors (Lipinski definition) is 22. The molecule has 22 N–H and O–H groups in total. The number of carbonyl (C=O) groups is 2. The van der Waals surface area contributed by atoms with E-state index in [4.69, 9.17) is 61.6 Å². The van der Waals surface area contributed by atoms with Crippen molar-refractivity contribution >= 4 is 11.8 Å². The van der Waals surface area contributed by atoms with Crippen molar-refractivity contribution in [2.75, 3.05) is 39.6 Å². The van der Waals surface area contributed by atoms with E-state index in [0.717, 1.165) is 13.8 Å². The van der Waals surface area contributed by atoms with E-state index in [0.29, 0.717) is 0 Å². The Labute approximate surface area is 470 Å². The summed E-state index contributed by atoms with van der Waals surface area (Å²) in [5.41, 5.74) is 0. The van der Waals surface area contributed by atoms with Crippen LogP contribution < -0.4 is 10.6 Å². The normalized spacial score (nSPS) is 50.8. The van der Waals surface area contributed by atoms with Crippen LogP contribution in [-0.2, 0) is 71.2 Å². The molecule has 37 nitrogen and oxygen atoms in total. The summed E-state index contributed by atoms with van der Waals surface area (Å²) in [6.45, 7) is -2.34. The first-order chi connectivity index (χ1) is 39.2. The van der Waals surface area contributed by atoms with Crippen LogP contribution in [0.2, 0.25) is 0 Å². The summed E-state index contributed by atoms with van der Waals surface area (Å²) in [5, 5.41) is 220. The summed E-state index contributed by atoms with van der Waals surface area (Å²) in [7, 11) is 0. The minimum absolute atomic E-state index is 0.760. The second kappa shape index (κ2) is 29.3. The molecular weight excluding hydrogens is 1140 g/mol. The van der Waals surface area contributed by atoms with E-state index < -0.39 is 266 Å². The fourth-order valence-electron chi connectivity index (χ4n) is 10.5. The second-order valence-corrected chi connectivity index (χ2v) is 21.1. The standard InChI is InChI=1S/C46H78N2O35/c1-10-21(55)28(62)31(65)42(73-10)72-9-18-37(26(60)19(40(70)74-18)47-11(2)53)80-41-20(48-12(3)54)27(61)36(16(7-52)78-41)81-46-35(69)39(83-45-33(67)30(64)23(57)14(5-50)77-45)25(59)17(79-46)8-71-43-34(68)38(24(58)15(6-51)75-43)82-44-32(66)29(63)22(56)13(4-49)76-44/h10,13-46,49-52,55-70H,4-9H2,1-3H3,(H,47,53)(H,48,54)/t10-,13+,14+,15+,16+,17+,18+,19+,20+,21+,22+,23+,24+,25+,26+,27+,28+,29-,30-,31-,32-,33-,34-,35-,36+,37+,38-,39-,40?,41-,42+,43-,44+,45+,46-/m0/s1. The van der Waals surface area contributed by atoms with Crippen LogP contribution in [0.15, 0.2) is 0 Å². The van der Waals surface area contributed by atoms with Gasteiger partial charge in [-0.05, 0) is 6.92 Å². The molecule has 7 aliphatic rings. The van der Waals surface area contributed by atoms with Gasteiger partial charge in [0.2, 0.25) is 11.8 Å². The van der Waals surface area contributed by atoms with Crippen LogP contribution in [0.4, 0.5) is 0 Å². The van der Waals surface area contributed by atoms with Gasteiger partial charge in [0.1, 0.15) is 165 Å². The lowest BCUT2D eigenvalue weighted by molar-refractivity contribution is -0.387. The first kappa shape index (κ1) is 68.1. The molecule has 482 valence electrons. The summed E-state index contributed by atoms with van der Waals surface area (Å²) in [6, 6.07) is -3.50. The van der Waals surface area contributed by atoms with Crippen LogP contribution >= 0.6 is 0 Å². The largest absolute Gasteiger partial charge is 0.394 e. The van der Waals surface area contributed by atoms with Crippen molar-refractivity contribution < 1.29 is 173 Å². The molecule has 83 heavy (non-hydrogen) atoms. The van der Waals surface area contributed by atoms with Crippen LogP contribution in [0, 0.1) is 0 Å². The third kappa shape index (κ3) is 14.9. The van der Waals surface area contributed by atoms with Crippen LogP contribution in [0.3, 0.4) is 0 Å². The lowest BCUT2D eigenvalue weighted by Gasteiger charge is -2.50. The Morgan fingerprint density at radius 1 is 0.337 bits per heavy atom. The van der Waals surface area contributed by atoms with Gasteiger partial charge < -0.3 is 174 Å². The first-order valence-electron chi connectivity index (χ1n) is 26.5. The van der Waals surface area contributed by atoms with Gasteiger partial charge in [0.25, 0.3) is 0 Å². The van der Waals surface area contributed by atoms with Gasteiger partial charge in [-0.2, -0.15) is 0 Å². The number of aliphatic hydroxyl groups excluding tert-OH is 20. The van der Waals surface area contributed by atoms with Crippen molar-refractivity contribution in [3.05, 3.63) is 0 Å². The highest BCUT2D eigenvalue weighted by atomic mass is 16.8. The van der Waals surface area contributed by atoms with Crippen LogP contribution in [0.5, 0.6) is 0 Å². The Balaban J connectivity index is 1.14. The lowest BCUT2D eigenvalue weighted by atomic mass is 9.94. The van der Waals surface area contributed by atoms with Crippen LogP contribution in [0.25, 0.3) is 0 Å². The Morgan fingerprint density at radius 2 is 0.687 bits per heavy atom. The van der Waals surface area contributed by atoms with E-state index in [1.54, 1.807) is 0 Å². The van der Waals surface area contributed by atoms with E-state index in [1.807, 2.05) is 0 Å². The molecule has 7 heterocycles. The van der Waals surface area contributed by atoms with E-state index in [9.17, 15) is 112 Å². The van der Waals surface area contributed by atoms with E-state index >= 15 is 0 Å². The van der Waals surface area contributed by atoms with Gasteiger partial charge >= 0.3 is 0 Å². The monoisotopic (exact) mass is 1220 g/mol. The molecule has 7 aliphatic heterocycles. The van der Waals surface area contributed by atoms with Gasteiger partial charge in [-0.1, -0.05) is 0 Å². The zero-order valence-electron chi connectivity index (χ0n) is 44.5. The summed E-state index contributed by atoms with van der Waals surface area (Å²) in [5.74, 6) is -1.66. The maximum atomic E-state index is 12.8. The molecule has 7 saturated heterocycles. The number of aliphatic hydroxyl groups is 20. The van der Waals surface area contributed by atoms with Gasteiger partial charge in [-0.15, -0.1) is 0 Å². The van der Waals surface area contributed by atoms with Gasteiger partial charge in [0.15, 0.2) is 44.0 Å². The highest BCUT2D eigenvalue weighted by Crippen LogP contribution is 2.37. The van der Waals surface area contributed by atoms with Crippen LogP contribution in [0.1, 0.15) is 20.8 Å². The smallest absolute Gasteiger partial charge is 0.217 e. The molecular formula is C46H78N2O35. The number of amides is 2. The fourth-order valence-corrected chi connectivity index (χ4v) is 10.5.